The molecule has 3 N–H and O–H groups in total. The van der Waals surface area contributed by atoms with Crippen LogP contribution >= 0.6 is 12.1 Å². The molecule has 0 aliphatic carbocycles. The molecule has 1 aromatic heterocycles. The van der Waals surface area contributed by atoms with Crippen LogP contribution in [-0.2, 0) is 39.8 Å². The number of amides is 1. The number of aromatic nitrogens is 3. The SMILES string of the molecule is CC[C@H]1OC(=O)[C@H](C)C(=O)[C@H](C)[C@@H](O[C@@H]2OC(C)CC(N(C)C)C2O)[C@](C)(OC)C[C@@H](C)CN(C)[C@H](C)[C@H]2N(CCCCn3cc(-c4cccc(N)c4)nn3)C(=O)O[C@]12C.CSF. The first-order valence-corrected chi connectivity index (χ1v) is 23.3. The van der Waals surface area contributed by atoms with E-state index in [1.54, 1.807) is 30.5 Å². The summed E-state index contributed by atoms with van der Waals surface area (Å²) in [5.41, 5.74) is 5.97. The van der Waals surface area contributed by atoms with Crippen molar-refractivity contribution in [3.05, 3.63) is 30.5 Å². The van der Waals surface area contributed by atoms with Crippen molar-refractivity contribution in [3.8, 4) is 11.3 Å². The number of anilines is 1. The summed E-state index contributed by atoms with van der Waals surface area (Å²) in [6, 6.07) is 6.53. The highest BCUT2D eigenvalue weighted by molar-refractivity contribution is 7.93. The molecule has 4 heterocycles. The second-order valence-corrected chi connectivity index (χ2v) is 18.7. The van der Waals surface area contributed by atoms with Gasteiger partial charge < -0.3 is 44.3 Å². The number of halogens is 1. The quantitative estimate of drug-likeness (QED) is 0.118. The average Bonchev–Trinajstić information content (AvgIpc) is 3.81. The number of unbranched alkanes of at least 4 members (excludes halogenated alkanes) is 1. The van der Waals surface area contributed by atoms with Crippen LogP contribution in [0.3, 0.4) is 0 Å². The monoisotopic (exact) mass is 908 g/mol. The molecule has 1 amide bonds. The number of cyclic esters (lactones) is 1. The Morgan fingerprint density at radius 3 is 2.38 bits per heavy atom. The first-order chi connectivity index (χ1) is 29.7. The lowest BCUT2D eigenvalue weighted by Crippen LogP contribution is -2.61. The summed E-state index contributed by atoms with van der Waals surface area (Å²) in [5, 5.41) is 20.1. The third kappa shape index (κ3) is 12.3. The number of hydrogen-bond donors (Lipinski definition) is 2. The lowest BCUT2D eigenvalue weighted by atomic mass is 9.78. The fourth-order valence-corrected chi connectivity index (χ4v) is 9.82. The van der Waals surface area contributed by atoms with E-state index in [0.29, 0.717) is 57.4 Å². The topological polar surface area (TPSA) is 184 Å². The Kier molecular flexibility index (Phi) is 18.8. The number of nitrogen functional groups attached to an aromatic ring is 1. The normalized spacial score (nSPS) is 35.0. The summed E-state index contributed by atoms with van der Waals surface area (Å²) in [6.45, 7) is 16.7. The van der Waals surface area contributed by atoms with Gasteiger partial charge in [-0.1, -0.05) is 38.1 Å². The number of esters is 1. The zero-order valence-electron chi connectivity index (χ0n) is 39.7. The number of aliphatic hydroxyl groups is 1. The third-order valence-electron chi connectivity index (χ3n) is 13.3. The second kappa shape index (κ2) is 22.7. The summed E-state index contributed by atoms with van der Waals surface area (Å²) in [4.78, 5) is 48.4. The number of ketones is 1. The Hall–Kier alpha value is -3.39. The second-order valence-electron chi connectivity index (χ2n) is 18.4. The maximum absolute atomic E-state index is 14.4. The van der Waals surface area contributed by atoms with Crippen LogP contribution in [0.1, 0.15) is 87.5 Å². The molecule has 0 saturated carbocycles. The summed E-state index contributed by atoms with van der Waals surface area (Å²) < 4.78 is 43.7. The van der Waals surface area contributed by atoms with E-state index in [-0.39, 0.29) is 36.3 Å². The summed E-state index contributed by atoms with van der Waals surface area (Å²) >= 11 is 0.250. The van der Waals surface area contributed by atoms with Gasteiger partial charge in [-0.2, -0.15) is 3.89 Å². The number of likely N-dealkylation sites (N-methyl/N-ethyl adjacent to an activating group) is 2. The predicted octanol–water partition coefficient (Wildman–Crippen LogP) is 5.86. The minimum Gasteiger partial charge on any atom is -0.458 e. The van der Waals surface area contributed by atoms with Crippen LogP contribution in [0.2, 0.25) is 0 Å². The van der Waals surface area contributed by atoms with Crippen molar-refractivity contribution in [2.75, 3.05) is 53.3 Å². The number of carbonyl (C=O) groups is 3. The molecular weight excluding hydrogens is 834 g/mol. The van der Waals surface area contributed by atoms with Gasteiger partial charge in [-0.3, -0.25) is 19.2 Å². The van der Waals surface area contributed by atoms with Gasteiger partial charge in [0.1, 0.15) is 23.8 Å². The number of aliphatic hydroxyl groups excluding tert-OH is 1. The van der Waals surface area contributed by atoms with Crippen molar-refractivity contribution in [1.82, 2.24) is 29.7 Å². The molecule has 0 radical (unpaired) electrons. The number of fused-ring (bicyclic) bond motifs is 1. The van der Waals surface area contributed by atoms with Gasteiger partial charge in [-0.05, 0) is 106 Å². The molecule has 3 fully saturated rings. The Bertz CT molecular complexity index is 1810. The molecule has 356 valence electrons. The zero-order chi connectivity index (χ0) is 47.0. The number of hydrogen-bond acceptors (Lipinski definition) is 15. The van der Waals surface area contributed by atoms with E-state index in [9.17, 15) is 23.4 Å². The molecule has 18 heteroatoms. The number of aryl methyl sites for hydroxylation is 1. The minimum absolute atomic E-state index is 0.00137. The van der Waals surface area contributed by atoms with Gasteiger partial charge in [0.2, 0.25) is 0 Å². The Morgan fingerprint density at radius 2 is 1.76 bits per heavy atom. The zero-order valence-corrected chi connectivity index (χ0v) is 40.5. The number of Topliss-reactive ketones (excluding diaryl/α,β-unsaturated/α-hetero) is 1. The van der Waals surface area contributed by atoms with Gasteiger partial charge in [0.25, 0.3) is 0 Å². The highest BCUT2D eigenvalue weighted by Crippen LogP contribution is 2.41. The number of benzene rings is 1. The lowest BCUT2D eigenvalue weighted by molar-refractivity contribution is -0.295. The highest BCUT2D eigenvalue weighted by atomic mass is 32.2. The molecule has 0 bridgehead atoms. The number of ether oxygens (including phenoxy) is 5. The molecule has 3 saturated heterocycles. The standard InChI is InChI=1S/C44H71N7O9.CH3FS/c1-13-35-44(8)38(51(42(55)60-44)20-15-14-19-50-25-33(46-47-50)31-17-16-18-32(45)22-31)30(6)49(11)24-26(2)23-43(7,56-12)39(28(4)36(52)29(5)40(54)58-35)59-41-37(53)34(48(9)10)21-27(3)57-41;1-3-2/h16-18,22,25-30,34-35,37-39,41,53H,13-15,19-21,23-24,45H2,1-12H3;1H3/t26-,27?,28+,29-,30-,34?,35-,37?,38-,39-,41+,43-,44-;/m1./s1. The van der Waals surface area contributed by atoms with Gasteiger partial charge in [-0.25, -0.2) is 4.79 Å². The van der Waals surface area contributed by atoms with Crippen LogP contribution in [0.5, 0.6) is 0 Å². The summed E-state index contributed by atoms with van der Waals surface area (Å²) in [7, 11) is 7.43. The summed E-state index contributed by atoms with van der Waals surface area (Å²) in [6.07, 6.45) is 1.61. The minimum atomic E-state index is -1.23. The third-order valence-corrected chi connectivity index (χ3v) is 13.3. The molecule has 3 unspecified atom stereocenters. The maximum Gasteiger partial charge on any atom is 0.410 e. The largest absolute Gasteiger partial charge is 0.458 e. The first-order valence-electron chi connectivity index (χ1n) is 22.2. The van der Waals surface area contributed by atoms with Crippen molar-refractivity contribution in [1.29, 1.82) is 0 Å². The van der Waals surface area contributed by atoms with Gasteiger partial charge in [0.15, 0.2) is 17.7 Å². The van der Waals surface area contributed by atoms with E-state index < -0.39 is 71.5 Å². The number of nitrogens with zero attached hydrogens (tertiary/aromatic N) is 6. The number of rotatable bonds is 11. The van der Waals surface area contributed by atoms with E-state index >= 15 is 0 Å². The number of carbonyl (C=O) groups excluding carboxylic acids is 3. The van der Waals surface area contributed by atoms with Gasteiger partial charge >= 0.3 is 12.1 Å². The van der Waals surface area contributed by atoms with Gasteiger partial charge in [-0.15, -0.1) is 5.10 Å². The predicted molar refractivity (Wildman–Crippen MR) is 241 cm³/mol. The van der Waals surface area contributed by atoms with E-state index in [1.807, 2.05) is 84.2 Å². The Balaban J connectivity index is 0.00000282. The molecule has 63 heavy (non-hydrogen) atoms. The van der Waals surface area contributed by atoms with Crippen molar-refractivity contribution >= 4 is 35.7 Å². The molecule has 13 atom stereocenters. The van der Waals surface area contributed by atoms with Crippen LogP contribution in [0.25, 0.3) is 11.3 Å². The van der Waals surface area contributed by atoms with Crippen molar-refractivity contribution in [3.63, 3.8) is 0 Å². The molecule has 3 aliphatic heterocycles. The fourth-order valence-electron chi connectivity index (χ4n) is 9.82. The van der Waals surface area contributed by atoms with Crippen LogP contribution in [0.4, 0.5) is 14.4 Å². The molecule has 16 nitrogen and oxygen atoms in total. The van der Waals surface area contributed by atoms with Crippen molar-refractivity contribution in [2.45, 2.75) is 154 Å². The van der Waals surface area contributed by atoms with E-state index in [0.717, 1.165) is 11.3 Å². The van der Waals surface area contributed by atoms with Gasteiger partial charge in [0, 0.05) is 74.4 Å². The van der Waals surface area contributed by atoms with Crippen LogP contribution in [-0.4, -0.2) is 160 Å². The van der Waals surface area contributed by atoms with E-state index in [4.69, 9.17) is 29.4 Å². The smallest absolute Gasteiger partial charge is 0.410 e. The molecule has 0 spiro atoms. The highest BCUT2D eigenvalue weighted by Gasteiger charge is 2.59. The van der Waals surface area contributed by atoms with Gasteiger partial charge in [0.05, 0.1) is 30.0 Å². The number of methoxy groups -OCH3 is 1. The molecule has 1 aromatic carbocycles. The maximum atomic E-state index is 14.4. The molecule has 3 aliphatic rings. The van der Waals surface area contributed by atoms with Crippen LogP contribution < -0.4 is 5.73 Å². The fraction of sp³-hybridized carbons (Fsp3) is 0.756. The van der Waals surface area contributed by atoms with E-state index in [2.05, 4.69) is 29.1 Å². The number of nitrogens with two attached hydrogens (primary N) is 1. The Labute approximate surface area is 378 Å². The van der Waals surface area contributed by atoms with Crippen LogP contribution in [0.15, 0.2) is 30.5 Å². The molecule has 5 rings (SSSR count). The first kappa shape index (κ1) is 52.2. The van der Waals surface area contributed by atoms with Crippen molar-refractivity contribution < 1.29 is 47.1 Å². The van der Waals surface area contributed by atoms with E-state index in [1.165, 1.54) is 6.26 Å². The molecule has 2 aromatic rings. The lowest BCUT2D eigenvalue weighted by Gasteiger charge is -2.47. The summed E-state index contributed by atoms with van der Waals surface area (Å²) in [5.74, 6) is -3.14. The van der Waals surface area contributed by atoms with Crippen LogP contribution in [0, 0.1) is 17.8 Å². The van der Waals surface area contributed by atoms with Crippen molar-refractivity contribution in [2.24, 2.45) is 17.8 Å². The molecular formula is C45H74FN7O9S. The Morgan fingerprint density at radius 1 is 1.10 bits per heavy atom. The average molecular weight is 908 g/mol.